The quantitative estimate of drug-likeness (QED) is 0.733. The second kappa shape index (κ2) is 8.47. The second-order valence-corrected chi connectivity index (χ2v) is 8.15. The van der Waals surface area contributed by atoms with Gasteiger partial charge in [-0.2, -0.15) is 0 Å². The molecule has 0 aliphatic rings. The Morgan fingerprint density at radius 3 is 2.56 bits per heavy atom. The monoisotopic (exact) mass is 414 g/mol. The van der Waals surface area contributed by atoms with Crippen molar-refractivity contribution >= 4 is 39.2 Å². The maximum atomic E-state index is 13.6. The van der Waals surface area contributed by atoms with E-state index in [0.29, 0.717) is 0 Å². The zero-order valence-corrected chi connectivity index (χ0v) is 16.0. The lowest BCUT2D eigenvalue weighted by Crippen LogP contribution is -2.23. The van der Waals surface area contributed by atoms with E-state index in [2.05, 4.69) is 5.32 Å². The average Bonchev–Trinajstić information content (AvgIpc) is 2.61. The number of benzene rings is 2. The molecule has 0 spiro atoms. The van der Waals surface area contributed by atoms with E-state index in [9.17, 15) is 22.4 Å². The maximum Gasteiger partial charge on any atom is 0.341 e. The van der Waals surface area contributed by atoms with Gasteiger partial charge in [-0.3, -0.25) is 4.79 Å². The number of esters is 1. The molecule has 27 heavy (non-hydrogen) atoms. The van der Waals surface area contributed by atoms with Crippen LogP contribution in [0.3, 0.4) is 0 Å². The SMILES string of the molecule is CN(C)S(=O)(=O)c1cccc(NC(=O)COC(=O)c2cc(Cl)ccc2F)c1. The fourth-order valence-corrected chi connectivity index (χ4v) is 3.13. The van der Waals surface area contributed by atoms with Gasteiger partial charge in [-0.1, -0.05) is 17.7 Å². The predicted octanol–water partition coefficient (Wildman–Crippen LogP) is 2.52. The maximum absolute atomic E-state index is 13.6. The summed E-state index contributed by atoms with van der Waals surface area (Å²) in [5, 5.41) is 2.55. The summed E-state index contributed by atoms with van der Waals surface area (Å²) in [6.07, 6.45) is 0. The third-order valence-corrected chi connectivity index (χ3v) is 5.43. The number of amides is 1. The van der Waals surface area contributed by atoms with Crippen LogP contribution in [0.2, 0.25) is 5.02 Å². The number of rotatable bonds is 6. The topological polar surface area (TPSA) is 92.8 Å². The number of carbonyl (C=O) groups is 2. The number of ether oxygens (including phenoxy) is 1. The van der Waals surface area contributed by atoms with E-state index in [-0.39, 0.29) is 15.6 Å². The first-order valence-electron chi connectivity index (χ1n) is 7.56. The first-order valence-corrected chi connectivity index (χ1v) is 9.37. The van der Waals surface area contributed by atoms with Crippen LogP contribution in [-0.2, 0) is 19.6 Å². The lowest BCUT2D eigenvalue weighted by atomic mass is 10.2. The van der Waals surface area contributed by atoms with Crippen LogP contribution in [0.4, 0.5) is 10.1 Å². The van der Waals surface area contributed by atoms with Crippen LogP contribution in [0.25, 0.3) is 0 Å². The first kappa shape index (κ1) is 20.8. The van der Waals surface area contributed by atoms with Gasteiger partial charge in [0.1, 0.15) is 5.82 Å². The second-order valence-electron chi connectivity index (χ2n) is 5.56. The summed E-state index contributed by atoms with van der Waals surface area (Å²) < 4.78 is 43.6. The van der Waals surface area contributed by atoms with Crippen molar-refractivity contribution in [2.24, 2.45) is 0 Å². The Kier molecular flexibility index (Phi) is 6.53. The molecular formula is C17H16ClFN2O5S. The highest BCUT2D eigenvalue weighted by Crippen LogP contribution is 2.18. The molecule has 1 amide bonds. The van der Waals surface area contributed by atoms with Crippen molar-refractivity contribution in [1.29, 1.82) is 0 Å². The minimum atomic E-state index is -3.66. The fourth-order valence-electron chi connectivity index (χ4n) is 2.00. The Morgan fingerprint density at radius 2 is 1.89 bits per heavy atom. The van der Waals surface area contributed by atoms with E-state index < -0.39 is 39.9 Å². The standard InChI is InChI=1S/C17H16ClFN2O5S/c1-21(2)27(24,25)13-5-3-4-12(9-13)20-16(22)10-26-17(23)14-8-11(18)6-7-15(14)19/h3-9H,10H2,1-2H3,(H,20,22). The van der Waals surface area contributed by atoms with Gasteiger partial charge >= 0.3 is 5.97 Å². The Morgan fingerprint density at radius 1 is 1.19 bits per heavy atom. The van der Waals surface area contributed by atoms with Crippen LogP contribution >= 0.6 is 11.6 Å². The molecule has 0 aliphatic carbocycles. The highest BCUT2D eigenvalue weighted by atomic mass is 35.5. The summed E-state index contributed by atoms with van der Waals surface area (Å²) in [6.45, 7) is -0.685. The zero-order chi connectivity index (χ0) is 20.2. The van der Waals surface area contributed by atoms with Gasteiger partial charge in [-0.15, -0.1) is 0 Å². The molecule has 0 atom stereocenters. The molecule has 0 radical (unpaired) electrons. The van der Waals surface area contributed by atoms with E-state index in [1.165, 1.54) is 44.4 Å². The number of nitrogens with one attached hydrogen (secondary N) is 1. The van der Waals surface area contributed by atoms with E-state index >= 15 is 0 Å². The third kappa shape index (κ3) is 5.25. The minimum Gasteiger partial charge on any atom is -0.452 e. The lowest BCUT2D eigenvalue weighted by molar-refractivity contribution is -0.119. The van der Waals surface area contributed by atoms with Crippen molar-refractivity contribution in [3.63, 3.8) is 0 Å². The van der Waals surface area contributed by atoms with Crippen molar-refractivity contribution in [1.82, 2.24) is 4.31 Å². The summed E-state index contributed by atoms with van der Waals surface area (Å²) in [5.74, 6) is -2.59. The normalized spacial score (nSPS) is 11.3. The smallest absolute Gasteiger partial charge is 0.341 e. The van der Waals surface area contributed by atoms with Crippen molar-refractivity contribution in [3.8, 4) is 0 Å². The van der Waals surface area contributed by atoms with Crippen LogP contribution in [0.1, 0.15) is 10.4 Å². The molecule has 0 saturated heterocycles. The molecule has 10 heteroatoms. The van der Waals surface area contributed by atoms with Gasteiger partial charge in [0.05, 0.1) is 10.5 Å². The number of sulfonamides is 1. The summed E-state index contributed by atoms with van der Waals surface area (Å²) in [6, 6.07) is 8.96. The molecule has 2 aromatic rings. The molecule has 144 valence electrons. The van der Waals surface area contributed by atoms with Gasteiger partial charge in [0, 0.05) is 24.8 Å². The van der Waals surface area contributed by atoms with Crippen LogP contribution in [-0.4, -0.2) is 45.3 Å². The summed E-state index contributed by atoms with van der Waals surface area (Å²) in [5.41, 5.74) is -0.192. The van der Waals surface area contributed by atoms with Gasteiger partial charge in [0.15, 0.2) is 6.61 Å². The highest BCUT2D eigenvalue weighted by molar-refractivity contribution is 7.89. The Hall–Kier alpha value is -2.49. The Labute approximate surface area is 160 Å². The summed E-state index contributed by atoms with van der Waals surface area (Å²) in [4.78, 5) is 23.8. The molecule has 0 fully saturated rings. The van der Waals surface area contributed by atoms with Gasteiger partial charge in [0.2, 0.25) is 10.0 Å². The van der Waals surface area contributed by atoms with Crippen LogP contribution < -0.4 is 5.32 Å². The molecule has 0 unspecified atom stereocenters. The molecular weight excluding hydrogens is 399 g/mol. The van der Waals surface area contributed by atoms with E-state index in [0.717, 1.165) is 16.4 Å². The Bertz CT molecular complexity index is 979. The Balaban J connectivity index is 2.02. The van der Waals surface area contributed by atoms with Crippen molar-refractivity contribution in [2.75, 3.05) is 26.0 Å². The fraction of sp³-hybridized carbons (Fsp3) is 0.176. The van der Waals surface area contributed by atoms with Crippen molar-refractivity contribution in [3.05, 3.63) is 58.9 Å². The molecule has 0 aliphatic heterocycles. The average molecular weight is 415 g/mol. The van der Waals surface area contributed by atoms with Crippen LogP contribution in [0, 0.1) is 5.82 Å². The highest BCUT2D eigenvalue weighted by Gasteiger charge is 2.18. The summed E-state index contributed by atoms with van der Waals surface area (Å²) >= 11 is 5.70. The molecule has 2 rings (SSSR count). The predicted molar refractivity (Wildman–Crippen MR) is 97.6 cm³/mol. The van der Waals surface area contributed by atoms with Crippen molar-refractivity contribution in [2.45, 2.75) is 4.90 Å². The van der Waals surface area contributed by atoms with Crippen molar-refractivity contribution < 1.29 is 27.1 Å². The van der Waals surface area contributed by atoms with E-state index in [1.54, 1.807) is 0 Å². The number of halogens is 2. The number of nitrogens with zero attached hydrogens (tertiary/aromatic N) is 1. The van der Waals surface area contributed by atoms with Crippen LogP contribution in [0.15, 0.2) is 47.4 Å². The number of hydrogen-bond acceptors (Lipinski definition) is 5. The van der Waals surface area contributed by atoms with Crippen LogP contribution in [0.5, 0.6) is 0 Å². The molecule has 0 heterocycles. The summed E-state index contributed by atoms with van der Waals surface area (Å²) in [7, 11) is -0.895. The molecule has 0 aromatic heterocycles. The number of carbonyl (C=O) groups excluding carboxylic acids is 2. The first-order chi connectivity index (χ1) is 12.6. The molecule has 1 N–H and O–H groups in total. The largest absolute Gasteiger partial charge is 0.452 e. The number of hydrogen-bond donors (Lipinski definition) is 1. The zero-order valence-electron chi connectivity index (χ0n) is 14.4. The van der Waals surface area contributed by atoms with Gasteiger partial charge < -0.3 is 10.1 Å². The van der Waals surface area contributed by atoms with Gasteiger partial charge in [-0.25, -0.2) is 21.9 Å². The van der Waals surface area contributed by atoms with Gasteiger partial charge in [-0.05, 0) is 36.4 Å². The molecule has 0 saturated carbocycles. The molecule has 7 nitrogen and oxygen atoms in total. The minimum absolute atomic E-state index is 0.0108. The lowest BCUT2D eigenvalue weighted by Gasteiger charge is -2.12. The number of anilines is 1. The molecule has 0 bridgehead atoms. The van der Waals surface area contributed by atoms with E-state index in [4.69, 9.17) is 16.3 Å². The van der Waals surface area contributed by atoms with E-state index in [1.807, 2.05) is 0 Å². The van der Waals surface area contributed by atoms with Gasteiger partial charge in [0.25, 0.3) is 5.91 Å². The third-order valence-electron chi connectivity index (χ3n) is 3.38. The molecule has 2 aromatic carbocycles.